The molecule has 1 aliphatic carbocycles. The van der Waals surface area contributed by atoms with E-state index >= 15 is 0 Å². The Kier molecular flexibility index (Phi) is 6.84. The highest BCUT2D eigenvalue weighted by molar-refractivity contribution is 5.99. The van der Waals surface area contributed by atoms with E-state index in [1.165, 1.54) is 11.8 Å². The van der Waals surface area contributed by atoms with Crippen LogP contribution in [0.3, 0.4) is 0 Å². The van der Waals surface area contributed by atoms with Gasteiger partial charge < -0.3 is 16.0 Å². The maximum Gasteiger partial charge on any atom is 0.224 e. The molecule has 1 saturated carbocycles. The van der Waals surface area contributed by atoms with Crippen LogP contribution < -0.4 is 16.0 Å². The van der Waals surface area contributed by atoms with Gasteiger partial charge in [-0.1, -0.05) is 18.6 Å². The zero-order chi connectivity index (χ0) is 15.4. The number of anilines is 2. The molecule has 0 aromatic heterocycles. The van der Waals surface area contributed by atoms with Crippen LogP contribution >= 0.6 is 12.4 Å². The zero-order valence-electron chi connectivity index (χ0n) is 13.0. The number of nitrogens with zero attached hydrogens (tertiary/aromatic N) is 1. The van der Waals surface area contributed by atoms with E-state index in [1.54, 1.807) is 13.1 Å². The lowest BCUT2D eigenvalue weighted by Gasteiger charge is -2.20. The number of hydrogen-bond donors (Lipinski definition) is 2. The molecule has 2 atom stereocenters. The number of para-hydroxylation sites is 2. The molecule has 1 aromatic carbocycles. The fourth-order valence-corrected chi connectivity index (χ4v) is 2.80. The summed E-state index contributed by atoms with van der Waals surface area (Å²) >= 11 is 0. The molecule has 0 aliphatic heterocycles. The summed E-state index contributed by atoms with van der Waals surface area (Å²) in [5.74, 6) is 0.152. The molecule has 2 rings (SSSR count). The van der Waals surface area contributed by atoms with E-state index in [0.29, 0.717) is 17.8 Å². The number of nitrogens with two attached hydrogens (primary N) is 1. The van der Waals surface area contributed by atoms with Crippen molar-refractivity contribution >= 4 is 35.6 Å². The minimum absolute atomic E-state index is 0. The summed E-state index contributed by atoms with van der Waals surface area (Å²) in [5, 5.41) is 2.91. The number of nitrogens with one attached hydrogen (secondary N) is 1. The van der Waals surface area contributed by atoms with Gasteiger partial charge in [-0.25, -0.2) is 0 Å². The second kappa shape index (κ2) is 8.15. The van der Waals surface area contributed by atoms with Gasteiger partial charge in [0.15, 0.2) is 0 Å². The third-order valence-corrected chi connectivity index (χ3v) is 4.18. The van der Waals surface area contributed by atoms with E-state index < -0.39 is 0 Å². The highest BCUT2D eigenvalue weighted by atomic mass is 35.5. The third-order valence-electron chi connectivity index (χ3n) is 4.18. The molecule has 0 spiro atoms. The minimum atomic E-state index is -0.0745. The van der Waals surface area contributed by atoms with E-state index in [0.717, 1.165) is 19.3 Å². The highest BCUT2D eigenvalue weighted by Crippen LogP contribution is 2.29. The van der Waals surface area contributed by atoms with Crippen LogP contribution in [0.5, 0.6) is 0 Å². The Hall–Kier alpha value is -1.59. The number of carbonyl (C=O) groups is 2. The van der Waals surface area contributed by atoms with Gasteiger partial charge >= 0.3 is 0 Å². The first-order valence-corrected chi connectivity index (χ1v) is 7.37. The second-order valence-electron chi connectivity index (χ2n) is 5.70. The van der Waals surface area contributed by atoms with Crippen LogP contribution in [0.25, 0.3) is 0 Å². The molecular weight excluding hydrogens is 302 g/mol. The molecule has 22 heavy (non-hydrogen) atoms. The van der Waals surface area contributed by atoms with Crippen molar-refractivity contribution in [3.05, 3.63) is 24.3 Å². The van der Waals surface area contributed by atoms with Crippen molar-refractivity contribution in [2.75, 3.05) is 17.3 Å². The van der Waals surface area contributed by atoms with Gasteiger partial charge in [0.25, 0.3) is 0 Å². The molecule has 0 unspecified atom stereocenters. The number of carbonyl (C=O) groups excluding carboxylic acids is 2. The van der Waals surface area contributed by atoms with Gasteiger partial charge in [-0.05, 0) is 30.9 Å². The summed E-state index contributed by atoms with van der Waals surface area (Å²) in [6.07, 6.45) is 3.56. The molecule has 1 aromatic rings. The Morgan fingerprint density at radius 1 is 1.32 bits per heavy atom. The van der Waals surface area contributed by atoms with Crippen molar-refractivity contribution in [3.63, 3.8) is 0 Å². The molecule has 122 valence electrons. The maximum atomic E-state index is 12.2. The molecule has 3 N–H and O–H groups in total. The molecular formula is C16H24ClN3O2. The molecule has 6 heteroatoms. The Morgan fingerprint density at radius 2 is 2.00 bits per heavy atom. The fourth-order valence-electron chi connectivity index (χ4n) is 2.80. The van der Waals surface area contributed by atoms with Crippen LogP contribution in [0.1, 0.15) is 32.6 Å². The minimum Gasteiger partial charge on any atom is -0.327 e. The lowest BCUT2D eigenvalue weighted by atomic mass is 10.00. The molecule has 0 saturated heterocycles. The quantitative estimate of drug-likeness (QED) is 0.893. The molecule has 0 heterocycles. The standard InChI is InChI=1S/C16H23N3O2.ClH/c1-11(20)19(2)15-9-4-3-8-14(15)18-16(21)10-12-6-5-7-13(12)17;/h3-4,8-9,12-13H,5-7,10,17H2,1-2H3,(H,18,21);1H/t12-,13+;/m0./s1. The van der Waals surface area contributed by atoms with Crippen LogP contribution in [0, 0.1) is 5.92 Å². The molecule has 2 amide bonds. The average Bonchev–Trinajstić information content (AvgIpc) is 2.84. The average molecular weight is 326 g/mol. The molecule has 1 fully saturated rings. The number of amides is 2. The predicted octanol–water partition coefficient (Wildman–Crippen LogP) is 2.55. The largest absolute Gasteiger partial charge is 0.327 e. The summed E-state index contributed by atoms with van der Waals surface area (Å²) in [4.78, 5) is 25.2. The van der Waals surface area contributed by atoms with Crippen molar-refractivity contribution in [1.29, 1.82) is 0 Å². The van der Waals surface area contributed by atoms with E-state index in [1.807, 2.05) is 18.2 Å². The highest BCUT2D eigenvalue weighted by Gasteiger charge is 2.26. The lowest BCUT2D eigenvalue weighted by molar-refractivity contribution is -0.117. The van der Waals surface area contributed by atoms with Crippen LogP contribution in [0.2, 0.25) is 0 Å². The van der Waals surface area contributed by atoms with Crippen molar-refractivity contribution in [3.8, 4) is 0 Å². The van der Waals surface area contributed by atoms with Gasteiger partial charge in [0.05, 0.1) is 11.4 Å². The number of halogens is 1. The van der Waals surface area contributed by atoms with Crippen molar-refractivity contribution in [2.24, 2.45) is 11.7 Å². The van der Waals surface area contributed by atoms with Gasteiger partial charge in [0.2, 0.25) is 11.8 Å². The van der Waals surface area contributed by atoms with Crippen LogP contribution in [-0.4, -0.2) is 24.9 Å². The molecule has 0 radical (unpaired) electrons. The summed E-state index contributed by atoms with van der Waals surface area (Å²) < 4.78 is 0. The Morgan fingerprint density at radius 3 is 2.59 bits per heavy atom. The van der Waals surface area contributed by atoms with E-state index in [9.17, 15) is 9.59 Å². The monoisotopic (exact) mass is 325 g/mol. The van der Waals surface area contributed by atoms with Crippen LogP contribution in [0.4, 0.5) is 11.4 Å². The first kappa shape index (κ1) is 18.5. The second-order valence-corrected chi connectivity index (χ2v) is 5.70. The van der Waals surface area contributed by atoms with Gasteiger partial charge in [-0.15, -0.1) is 12.4 Å². The smallest absolute Gasteiger partial charge is 0.224 e. The Balaban J connectivity index is 0.00000242. The zero-order valence-corrected chi connectivity index (χ0v) is 13.9. The van der Waals surface area contributed by atoms with Crippen molar-refractivity contribution in [1.82, 2.24) is 0 Å². The van der Waals surface area contributed by atoms with E-state index in [4.69, 9.17) is 5.73 Å². The van der Waals surface area contributed by atoms with Gasteiger partial charge in [-0.2, -0.15) is 0 Å². The summed E-state index contributed by atoms with van der Waals surface area (Å²) in [6, 6.07) is 7.44. The molecule has 1 aliphatic rings. The third kappa shape index (κ3) is 4.45. The number of hydrogen-bond acceptors (Lipinski definition) is 3. The topological polar surface area (TPSA) is 75.4 Å². The van der Waals surface area contributed by atoms with Crippen molar-refractivity contribution in [2.45, 2.75) is 38.6 Å². The van der Waals surface area contributed by atoms with Crippen molar-refractivity contribution < 1.29 is 9.59 Å². The van der Waals surface area contributed by atoms with E-state index in [2.05, 4.69) is 5.32 Å². The van der Waals surface area contributed by atoms with Gasteiger partial charge in [0, 0.05) is 26.4 Å². The molecule has 0 bridgehead atoms. The number of benzene rings is 1. The number of rotatable bonds is 4. The first-order valence-electron chi connectivity index (χ1n) is 7.37. The predicted molar refractivity (Wildman–Crippen MR) is 91.3 cm³/mol. The summed E-state index contributed by atoms with van der Waals surface area (Å²) in [7, 11) is 1.69. The summed E-state index contributed by atoms with van der Waals surface area (Å²) in [5.41, 5.74) is 7.37. The molecule has 5 nitrogen and oxygen atoms in total. The van der Waals surface area contributed by atoms with Gasteiger partial charge in [-0.3, -0.25) is 9.59 Å². The SMILES string of the molecule is CC(=O)N(C)c1ccccc1NC(=O)C[C@@H]1CCC[C@H]1N.Cl. The Bertz CT molecular complexity index is 536. The lowest BCUT2D eigenvalue weighted by Crippen LogP contribution is -2.29. The van der Waals surface area contributed by atoms with Crippen LogP contribution in [0.15, 0.2) is 24.3 Å². The fraction of sp³-hybridized carbons (Fsp3) is 0.500. The normalized spacial score (nSPS) is 20.1. The van der Waals surface area contributed by atoms with E-state index in [-0.39, 0.29) is 36.2 Å². The first-order chi connectivity index (χ1) is 9.99. The van der Waals surface area contributed by atoms with Gasteiger partial charge in [0.1, 0.15) is 0 Å². The maximum absolute atomic E-state index is 12.2. The van der Waals surface area contributed by atoms with Crippen LogP contribution in [-0.2, 0) is 9.59 Å². The Labute approximate surface area is 137 Å². The summed E-state index contributed by atoms with van der Waals surface area (Å²) in [6.45, 7) is 1.50.